The summed E-state index contributed by atoms with van der Waals surface area (Å²) in [5, 5.41) is 0.472. The maximum Gasteiger partial charge on any atom is 0.271 e. The molecule has 0 aliphatic carbocycles. The first-order valence-electron chi connectivity index (χ1n) is 8.24. The molecule has 8 nitrogen and oxygen atoms in total. The minimum atomic E-state index is -3.93. The summed E-state index contributed by atoms with van der Waals surface area (Å²) in [5.74, 6) is -1.23. The zero-order chi connectivity index (χ0) is 20.9. The third kappa shape index (κ3) is 5.31. The van der Waals surface area contributed by atoms with Gasteiger partial charge in [0.15, 0.2) is 0 Å². The number of amides is 2. The Bertz CT molecular complexity index is 1140. The molecule has 1 aromatic heterocycles. The third-order valence-electron chi connectivity index (χ3n) is 3.72. The summed E-state index contributed by atoms with van der Waals surface area (Å²) in [4.78, 5) is 27.9. The summed E-state index contributed by atoms with van der Waals surface area (Å²) in [5.41, 5.74) is 5.12. The molecule has 148 valence electrons. The van der Waals surface area contributed by atoms with Crippen LogP contribution in [0.3, 0.4) is 0 Å². The van der Waals surface area contributed by atoms with Gasteiger partial charge in [0.2, 0.25) is 0 Å². The summed E-state index contributed by atoms with van der Waals surface area (Å²) in [6, 6.07) is 14.6. The number of nitrogens with one attached hydrogen (secondary N) is 3. The second-order valence-corrected chi connectivity index (χ2v) is 7.91. The lowest BCUT2D eigenvalue weighted by Crippen LogP contribution is -2.41. The SMILES string of the molecule is O=C(NNC(=O)c1cccc(S(=O)(=O)Nc2ccc(Cl)cc2)c1)c1cccnc1. The number of aromatic nitrogens is 1. The van der Waals surface area contributed by atoms with E-state index in [-0.39, 0.29) is 16.0 Å². The van der Waals surface area contributed by atoms with Crippen LogP contribution in [-0.2, 0) is 10.0 Å². The Labute approximate surface area is 172 Å². The van der Waals surface area contributed by atoms with E-state index in [1.165, 1.54) is 54.9 Å². The van der Waals surface area contributed by atoms with Crippen LogP contribution in [0.25, 0.3) is 0 Å². The summed E-state index contributed by atoms with van der Waals surface area (Å²) in [6.45, 7) is 0. The average Bonchev–Trinajstić information content (AvgIpc) is 2.74. The van der Waals surface area contributed by atoms with Crippen LogP contribution in [0.15, 0.2) is 78.0 Å². The van der Waals surface area contributed by atoms with Crippen LogP contribution in [-0.4, -0.2) is 25.2 Å². The van der Waals surface area contributed by atoms with Crippen LogP contribution in [0.2, 0.25) is 5.02 Å². The Morgan fingerprint density at radius 2 is 1.52 bits per heavy atom. The van der Waals surface area contributed by atoms with Gasteiger partial charge in [-0.05, 0) is 54.6 Å². The molecule has 0 saturated heterocycles. The molecule has 0 aliphatic heterocycles. The number of hydrogen-bond donors (Lipinski definition) is 3. The van der Waals surface area contributed by atoms with Gasteiger partial charge in [0.05, 0.1) is 10.5 Å². The molecule has 2 amide bonds. The van der Waals surface area contributed by atoms with Crippen LogP contribution in [0.5, 0.6) is 0 Å². The fourth-order valence-corrected chi connectivity index (χ4v) is 3.52. The molecule has 0 radical (unpaired) electrons. The Morgan fingerprint density at radius 1 is 0.862 bits per heavy atom. The predicted octanol–water partition coefficient (Wildman–Crippen LogP) is 2.61. The number of carbonyl (C=O) groups is 2. The van der Waals surface area contributed by atoms with E-state index in [0.717, 1.165) is 0 Å². The van der Waals surface area contributed by atoms with E-state index in [9.17, 15) is 18.0 Å². The molecule has 10 heteroatoms. The van der Waals surface area contributed by atoms with Gasteiger partial charge in [-0.2, -0.15) is 0 Å². The fraction of sp³-hybridized carbons (Fsp3) is 0. The predicted molar refractivity (Wildman–Crippen MR) is 108 cm³/mol. The molecule has 2 aromatic carbocycles. The Balaban J connectivity index is 1.70. The molecule has 0 spiro atoms. The first-order valence-corrected chi connectivity index (χ1v) is 10.1. The molecule has 3 rings (SSSR count). The standard InChI is InChI=1S/C19H15ClN4O4S/c20-15-6-8-16(9-7-15)24-29(27,28)17-5-1-3-13(11-17)18(25)22-23-19(26)14-4-2-10-21-12-14/h1-12,24H,(H,22,25)(H,23,26). The van der Waals surface area contributed by atoms with Crippen molar-refractivity contribution in [1.29, 1.82) is 0 Å². The normalized spacial score (nSPS) is 10.8. The van der Waals surface area contributed by atoms with Crippen molar-refractivity contribution in [2.45, 2.75) is 4.90 Å². The largest absolute Gasteiger partial charge is 0.280 e. The van der Waals surface area contributed by atoms with Crippen molar-refractivity contribution in [3.8, 4) is 0 Å². The Kier molecular flexibility index (Phi) is 6.10. The van der Waals surface area contributed by atoms with E-state index >= 15 is 0 Å². The summed E-state index contributed by atoms with van der Waals surface area (Å²) in [6.07, 6.45) is 2.86. The zero-order valence-electron chi connectivity index (χ0n) is 14.8. The van der Waals surface area contributed by atoms with Gasteiger partial charge in [0.1, 0.15) is 0 Å². The number of anilines is 1. The number of halogens is 1. The van der Waals surface area contributed by atoms with E-state index in [4.69, 9.17) is 11.6 Å². The minimum Gasteiger partial charge on any atom is -0.280 e. The highest BCUT2D eigenvalue weighted by atomic mass is 35.5. The number of pyridine rings is 1. The molecule has 0 bridgehead atoms. The van der Waals surface area contributed by atoms with Gasteiger partial charge in [-0.3, -0.25) is 30.1 Å². The number of hydrazine groups is 1. The van der Waals surface area contributed by atoms with Crippen LogP contribution < -0.4 is 15.6 Å². The van der Waals surface area contributed by atoms with Gasteiger partial charge in [0, 0.05) is 28.7 Å². The molecular weight excluding hydrogens is 416 g/mol. The highest BCUT2D eigenvalue weighted by Gasteiger charge is 2.17. The molecule has 29 heavy (non-hydrogen) atoms. The second kappa shape index (κ2) is 8.72. The summed E-state index contributed by atoms with van der Waals surface area (Å²) in [7, 11) is -3.93. The summed E-state index contributed by atoms with van der Waals surface area (Å²) >= 11 is 5.79. The molecule has 3 aromatic rings. The van der Waals surface area contributed by atoms with E-state index in [0.29, 0.717) is 10.7 Å². The lowest BCUT2D eigenvalue weighted by molar-refractivity contribution is 0.0846. The number of rotatable bonds is 5. The van der Waals surface area contributed by atoms with Crippen molar-refractivity contribution in [3.05, 3.63) is 89.2 Å². The van der Waals surface area contributed by atoms with Crippen LogP contribution in [0, 0.1) is 0 Å². The maximum atomic E-state index is 12.6. The molecule has 1 heterocycles. The first kappa shape index (κ1) is 20.3. The number of benzene rings is 2. The van der Waals surface area contributed by atoms with Crippen LogP contribution in [0.1, 0.15) is 20.7 Å². The number of nitrogens with zero attached hydrogens (tertiary/aromatic N) is 1. The average molecular weight is 431 g/mol. The van der Waals surface area contributed by atoms with Crippen molar-refractivity contribution >= 4 is 39.1 Å². The summed E-state index contributed by atoms with van der Waals surface area (Å²) < 4.78 is 27.5. The smallest absolute Gasteiger partial charge is 0.271 e. The van der Waals surface area contributed by atoms with Crippen molar-refractivity contribution < 1.29 is 18.0 Å². The van der Waals surface area contributed by atoms with Gasteiger partial charge in [-0.25, -0.2) is 8.42 Å². The molecular formula is C19H15ClN4O4S. The van der Waals surface area contributed by atoms with Crippen molar-refractivity contribution in [2.75, 3.05) is 4.72 Å². The van der Waals surface area contributed by atoms with Gasteiger partial charge in [-0.15, -0.1) is 0 Å². The third-order valence-corrected chi connectivity index (χ3v) is 5.35. The van der Waals surface area contributed by atoms with Gasteiger partial charge < -0.3 is 0 Å². The monoisotopic (exact) mass is 430 g/mol. The van der Waals surface area contributed by atoms with Crippen molar-refractivity contribution in [1.82, 2.24) is 15.8 Å². The van der Waals surface area contributed by atoms with E-state index < -0.39 is 21.8 Å². The molecule has 3 N–H and O–H groups in total. The van der Waals surface area contributed by atoms with Crippen LogP contribution in [0.4, 0.5) is 5.69 Å². The minimum absolute atomic E-state index is 0.0514. The topological polar surface area (TPSA) is 117 Å². The van der Waals surface area contributed by atoms with Gasteiger partial charge >= 0.3 is 0 Å². The van der Waals surface area contributed by atoms with Crippen molar-refractivity contribution in [3.63, 3.8) is 0 Å². The van der Waals surface area contributed by atoms with Crippen molar-refractivity contribution in [2.24, 2.45) is 0 Å². The van der Waals surface area contributed by atoms with E-state index in [1.54, 1.807) is 18.2 Å². The fourth-order valence-electron chi connectivity index (χ4n) is 2.29. The van der Waals surface area contributed by atoms with E-state index in [1.807, 2.05) is 0 Å². The highest BCUT2D eigenvalue weighted by Crippen LogP contribution is 2.19. The second-order valence-electron chi connectivity index (χ2n) is 5.79. The maximum absolute atomic E-state index is 12.6. The first-order chi connectivity index (χ1) is 13.8. The number of hydrogen-bond acceptors (Lipinski definition) is 5. The molecule has 0 aliphatic rings. The Hall–Kier alpha value is -3.43. The number of carbonyl (C=O) groups excluding carboxylic acids is 2. The van der Waals surface area contributed by atoms with Crippen LogP contribution >= 0.6 is 11.6 Å². The van der Waals surface area contributed by atoms with E-state index in [2.05, 4.69) is 20.6 Å². The Morgan fingerprint density at radius 3 is 2.17 bits per heavy atom. The lowest BCUT2D eigenvalue weighted by atomic mass is 10.2. The molecule has 0 atom stereocenters. The quantitative estimate of drug-likeness (QED) is 0.538. The molecule has 0 fully saturated rings. The molecule has 0 unspecified atom stereocenters. The highest BCUT2D eigenvalue weighted by molar-refractivity contribution is 7.92. The molecule has 0 saturated carbocycles. The number of sulfonamides is 1. The zero-order valence-corrected chi connectivity index (χ0v) is 16.4. The lowest BCUT2D eigenvalue weighted by Gasteiger charge is -2.10. The van der Waals surface area contributed by atoms with Gasteiger partial charge in [0.25, 0.3) is 21.8 Å². The van der Waals surface area contributed by atoms with Gasteiger partial charge in [-0.1, -0.05) is 17.7 Å².